The van der Waals surface area contributed by atoms with Gasteiger partial charge in [-0.2, -0.15) is 0 Å². The van der Waals surface area contributed by atoms with Crippen LogP contribution in [0, 0.1) is 13.8 Å². The van der Waals surface area contributed by atoms with E-state index in [1.165, 1.54) is 10.5 Å². The molecule has 20 heavy (non-hydrogen) atoms. The Morgan fingerprint density at radius 1 is 1.10 bits per heavy atom. The topological polar surface area (TPSA) is 26.3 Å². The van der Waals surface area contributed by atoms with Gasteiger partial charge < -0.3 is 4.74 Å². The molecule has 0 saturated heterocycles. The van der Waals surface area contributed by atoms with Crippen molar-refractivity contribution >= 4 is 17.7 Å². The Morgan fingerprint density at radius 3 is 2.50 bits per heavy atom. The summed E-state index contributed by atoms with van der Waals surface area (Å²) in [5.74, 6) is 0.553. The van der Waals surface area contributed by atoms with Crippen LogP contribution in [0.4, 0.5) is 0 Å². The summed E-state index contributed by atoms with van der Waals surface area (Å²) in [6.45, 7) is 3.93. The third-order valence-corrected chi connectivity index (χ3v) is 4.82. The lowest BCUT2D eigenvalue weighted by Crippen LogP contribution is -2.23. The molecule has 0 radical (unpaired) electrons. The van der Waals surface area contributed by atoms with Crippen LogP contribution in [0.3, 0.4) is 0 Å². The maximum atomic E-state index is 12.3. The highest BCUT2D eigenvalue weighted by Gasteiger charge is 2.30. The number of fused-ring (bicyclic) bond motifs is 1. The molecule has 0 saturated carbocycles. The minimum Gasteiger partial charge on any atom is -0.425 e. The molecule has 0 aromatic heterocycles. The number of esters is 1. The number of carbonyl (C=O) groups excluding carboxylic acids is 1. The standard InChI is InChI=1S/C17H16O2S/c1-11-6-5-7-12(2)16(11)19-17(18)15-10-13-8-3-4-9-14(13)20-15/h3-9,15H,10H2,1-2H3/t15-/m0/s1. The maximum Gasteiger partial charge on any atom is 0.325 e. The number of benzene rings is 2. The molecule has 3 heteroatoms. The molecule has 0 bridgehead atoms. The number of hydrogen-bond donors (Lipinski definition) is 0. The van der Waals surface area contributed by atoms with Crippen molar-refractivity contribution in [2.45, 2.75) is 30.4 Å². The molecule has 0 spiro atoms. The monoisotopic (exact) mass is 284 g/mol. The second-order valence-electron chi connectivity index (χ2n) is 5.06. The summed E-state index contributed by atoms with van der Waals surface area (Å²) in [6.07, 6.45) is 0.755. The number of rotatable bonds is 2. The minimum absolute atomic E-state index is 0.133. The first-order valence-corrected chi connectivity index (χ1v) is 7.55. The molecule has 102 valence electrons. The first kappa shape index (κ1) is 13.3. The smallest absolute Gasteiger partial charge is 0.325 e. The molecule has 1 aliphatic heterocycles. The van der Waals surface area contributed by atoms with Crippen molar-refractivity contribution in [3.05, 3.63) is 59.2 Å². The number of ether oxygens (including phenoxy) is 1. The first-order valence-electron chi connectivity index (χ1n) is 6.67. The lowest BCUT2D eigenvalue weighted by atomic mass is 10.1. The van der Waals surface area contributed by atoms with Gasteiger partial charge in [0.05, 0.1) is 0 Å². The average Bonchev–Trinajstić information content (AvgIpc) is 2.87. The van der Waals surface area contributed by atoms with Crippen LogP contribution in [-0.4, -0.2) is 11.2 Å². The SMILES string of the molecule is Cc1cccc(C)c1OC(=O)[C@@H]1Cc2ccccc2S1. The van der Waals surface area contributed by atoms with E-state index in [2.05, 4.69) is 12.1 Å². The van der Waals surface area contributed by atoms with E-state index in [-0.39, 0.29) is 11.2 Å². The molecule has 1 heterocycles. The molecule has 2 nitrogen and oxygen atoms in total. The number of hydrogen-bond acceptors (Lipinski definition) is 3. The molecule has 1 atom stereocenters. The van der Waals surface area contributed by atoms with Crippen LogP contribution in [-0.2, 0) is 11.2 Å². The van der Waals surface area contributed by atoms with Crippen LogP contribution in [0.15, 0.2) is 47.4 Å². The number of aryl methyl sites for hydroxylation is 2. The fourth-order valence-electron chi connectivity index (χ4n) is 2.44. The summed E-state index contributed by atoms with van der Waals surface area (Å²) < 4.78 is 5.63. The lowest BCUT2D eigenvalue weighted by molar-refractivity contribution is -0.133. The van der Waals surface area contributed by atoms with Gasteiger partial charge in [-0.1, -0.05) is 36.4 Å². The van der Waals surface area contributed by atoms with E-state index >= 15 is 0 Å². The third kappa shape index (κ3) is 2.46. The van der Waals surface area contributed by atoms with E-state index < -0.39 is 0 Å². The van der Waals surface area contributed by atoms with Gasteiger partial charge in [0.2, 0.25) is 0 Å². The van der Waals surface area contributed by atoms with Crippen LogP contribution in [0.25, 0.3) is 0 Å². The number of para-hydroxylation sites is 1. The Kier molecular flexibility index (Phi) is 3.53. The van der Waals surface area contributed by atoms with E-state index in [0.29, 0.717) is 5.75 Å². The Bertz CT molecular complexity index is 619. The van der Waals surface area contributed by atoms with E-state index in [0.717, 1.165) is 17.5 Å². The van der Waals surface area contributed by atoms with Crippen LogP contribution >= 0.6 is 11.8 Å². The van der Waals surface area contributed by atoms with Crippen molar-refractivity contribution in [3.63, 3.8) is 0 Å². The molecule has 3 rings (SSSR count). The lowest BCUT2D eigenvalue weighted by Gasteiger charge is -2.13. The fourth-order valence-corrected chi connectivity index (χ4v) is 3.61. The van der Waals surface area contributed by atoms with E-state index in [1.54, 1.807) is 11.8 Å². The largest absolute Gasteiger partial charge is 0.425 e. The van der Waals surface area contributed by atoms with Gasteiger partial charge in [-0.05, 0) is 43.0 Å². The Balaban J connectivity index is 1.76. The Morgan fingerprint density at radius 2 is 1.80 bits per heavy atom. The summed E-state index contributed by atoms with van der Waals surface area (Å²) in [7, 11) is 0. The van der Waals surface area contributed by atoms with Crippen molar-refractivity contribution < 1.29 is 9.53 Å². The van der Waals surface area contributed by atoms with Gasteiger partial charge in [-0.15, -0.1) is 11.8 Å². The van der Waals surface area contributed by atoms with Gasteiger partial charge in [0.25, 0.3) is 0 Å². The van der Waals surface area contributed by atoms with Gasteiger partial charge in [-0.25, -0.2) is 0 Å². The number of thioether (sulfide) groups is 1. The maximum absolute atomic E-state index is 12.3. The number of carbonyl (C=O) groups is 1. The highest BCUT2D eigenvalue weighted by molar-refractivity contribution is 8.01. The molecule has 0 unspecified atom stereocenters. The molecule has 0 amide bonds. The highest BCUT2D eigenvalue weighted by atomic mass is 32.2. The second kappa shape index (κ2) is 5.33. The molecule has 0 fully saturated rings. The molecule has 1 aliphatic rings. The Hall–Kier alpha value is -1.74. The molecular weight excluding hydrogens is 268 g/mol. The van der Waals surface area contributed by atoms with Crippen LogP contribution < -0.4 is 4.74 Å². The zero-order chi connectivity index (χ0) is 14.1. The predicted molar refractivity (Wildman–Crippen MR) is 81.3 cm³/mol. The van der Waals surface area contributed by atoms with Crippen molar-refractivity contribution in [1.82, 2.24) is 0 Å². The van der Waals surface area contributed by atoms with Crippen molar-refractivity contribution in [2.24, 2.45) is 0 Å². The molecule has 0 N–H and O–H groups in total. The van der Waals surface area contributed by atoms with Gasteiger partial charge in [-0.3, -0.25) is 4.79 Å². The van der Waals surface area contributed by atoms with E-state index in [9.17, 15) is 4.79 Å². The summed E-state index contributed by atoms with van der Waals surface area (Å²) in [4.78, 5) is 13.5. The minimum atomic E-state index is -0.149. The third-order valence-electron chi connectivity index (χ3n) is 3.52. The van der Waals surface area contributed by atoms with Gasteiger partial charge in [0.1, 0.15) is 11.0 Å². The molecule has 2 aromatic carbocycles. The van der Waals surface area contributed by atoms with Crippen molar-refractivity contribution in [2.75, 3.05) is 0 Å². The van der Waals surface area contributed by atoms with Crippen LogP contribution in [0.5, 0.6) is 5.75 Å². The highest BCUT2D eigenvalue weighted by Crippen LogP contribution is 2.37. The summed E-state index contributed by atoms with van der Waals surface area (Å²) in [5, 5.41) is -0.133. The van der Waals surface area contributed by atoms with Gasteiger partial charge >= 0.3 is 5.97 Å². The van der Waals surface area contributed by atoms with E-state index in [1.807, 2.05) is 44.2 Å². The van der Waals surface area contributed by atoms with Gasteiger partial charge in [0, 0.05) is 4.90 Å². The molecule has 2 aromatic rings. The average molecular weight is 284 g/mol. The van der Waals surface area contributed by atoms with Crippen LogP contribution in [0.2, 0.25) is 0 Å². The van der Waals surface area contributed by atoms with E-state index in [4.69, 9.17) is 4.74 Å². The quantitative estimate of drug-likeness (QED) is 0.617. The predicted octanol–water partition coefficient (Wildman–Crippen LogP) is 3.93. The van der Waals surface area contributed by atoms with Crippen LogP contribution in [0.1, 0.15) is 16.7 Å². The first-order chi connectivity index (χ1) is 9.65. The van der Waals surface area contributed by atoms with Crippen molar-refractivity contribution in [3.8, 4) is 5.75 Å². The Labute approximate surface area is 123 Å². The summed E-state index contributed by atoms with van der Waals surface area (Å²) in [5.41, 5.74) is 3.23. The normalized spacial score (nSPS) is 16.8. The van der Waals surface area contributed by atoms with Gasteiger partial charge in [0.15, 0.2) is 0 Å². The summed E-state index contributed by atoms with van der Waals surface area (Å²) in [6, 6.07) is 14.1. The van der Waals surface area contributed by atoms with Crippen molar-refractivity contribution in [1.29, 1.82) is 0 Å². The molecular formula is C17H16O2S. The molecule has 0 aliphatic carbocycles. The zero-order valence-corrected chi connectivity index (χ0v) is 12.4. The summed E-state index contributed by atoms with van der Waals surface area (Å²) >= 11 is 1.60. The zero-order valence-electron chi connectivity index (χ0n) is 11.6. The fraction of sp³-hybridized carbons (Fsp3) is 0.235. The second-order valence-corrected chi connectivity index (χ2v) is 6.30.